The van der Waals surface area contributed by atoms with Crippen LogP contribution in [0.5, 0.6) is 0 Å². The molecule has 1 aromatic carbocycles. The highest BCUT2D eigenvalue weighted by molar-refractivity contribution is 5.33. The maximum absolute atomic E-state index is 13.1. The minimum atomic E-state index is -4.62. The summed E-state index contributed by atoms with van der Waals surface area (Å²) in [5.41, 5.74) is 4.22. The predicted molar refractivity (Wildman–Crippen MR) is 63.9 cm³/mol. The third-order valence-electron chi connectivity index (χ3n) is 2.95. The monoisotopic (exact) mass is 279 g/mol. The van der Waals surface area contributed by atoms with Crippen molar-refractivity contribution in [1.29, 1.82) is 0 Å². The van der Waals surface area contributed by atoms with E-state index in [-0.39, 0.29) is 6.42 Å². The minimum Gasteiger partial charge on any atom is -0.391 e. The van der Waals surface area contributed by atoms with E-state index in [1.807, 2.05) is 6.92 Å². The number of aliphatic hydroxyl groups excluding tert-OH is 1. The molecule has 0 fully saturated rings. The van der Waals surface area contributed by atoms with Crippen molar-refractivity contribution < 1.29 is 22.7 Å². The first-order chi connectivity index (χ1) is 8.77. The quantitative estimate of drug-likeness (QED) is 0.811. The van der Waals surface area contributed by atoms with Crippen LogP contribution in [-0.2, 0) is 6.18 Å². The van der Waals surface area contributed by atoms with Crippen molar-refractivity contribution in [1.82, 2.24) is 0 Å². The van der Waals surface area contributed by atoms with Gasteiger partial charge in [0.25, 0.3) is 0 Å². The van der Waals surface area contributed by atoms with Crippen molar-refractivity contribution in [3.8, 4) is 0 Å². The third kappa shape index (κ3) is 4.18. The molecule has 1 rings (SSSR count). The molecule has 0 unspecified atom stereocenters. The zero-order chi connectivity index (χ0) is 14.6. The fourth-order valence-electron chi connectivity index (χ4n) is 1.87. The van der Waals surface area contributed by atoms with Crippen LogP contribution in [0.2, 0.25) is 0 Å². The lowest BCUT2D eigenvalue weighted by atomic mass is 9.94. The highest BCUT2D eigenvalue weighted by Gasteiger charge is 2.36. The first-order valence-electron chi connectivity index (χ1n) is 6.07. The van der Waals surface area contributed by atoms with Crippen LogP contribution in [0.15, 0.2) is 18.2 Å². The van der Waals surface area contributed by atoms with E-state index in [1.165, 1.54) is 0 Å². The summed E-state index contributed by atoms with van der Waals surface area (Å²) in [5, 5.41) is 9.77. The summed E-state index contributed by atoms with van der Waals surface area (Å²) in [6.45, 7) is 1.89. The number of aliphatic hydroxyl groups is 1. The Morgan fingerprint density at radius 2 is 1.95 bits per heavy atom. The number of benzene rings is 1. The summed E-state index contributed by atoms with van der Waals surface area (Å²) in [7, 11) is 0. The molecule has 19 heavy (non-hydrogen) atoms. The van der Waals surface area contributed by atoms with Crippen LogP contribution in [0.1, 0.15) is 43.4 Å². The minimum absolute atomic E-state index is 0.283. The van der Waals surface area contributed by atoms with Gasteiger partial charge in [-0.25, -0.2) is 4.39 Å². The molecule has 3 N–H and O–H groups in total. The van der Waals surface area contributed by atoms with Crippen LogP contribution < -0.4 is 5.73 Å². The maximum atomic E-state index is 13.1. The fourth-order valence-corrected chi connectivity index (χ4v) is 1.87. The van der Waals surface area contributed by atoms with E-state index in [0.717, 1.165) is 18.6 Å². The summed E-state index contributed by atoms with van der Waals surface area (Å²) >= 11 is 0. The predicted octanol–water partition coefficient (Wildman–Crippen LogP) is 3.40. The van der Waals surface area contributed by atoms with Crippen LogP contribution in [0.25, 0.3) is 0 Å². The Bertz CT molecular complexity index is 420. The molecule has 0 heterocycles. The van der Waals surface area contributed by atoms with E-state index in [9.17, 15) is 22.7 Å². The Balaban J connectivity index is 3.07. The SMILES string of the molecule is CCCC[C@@H](O)[C@@H](N)c1cc(F)ccc1C(F)(F)F. The maximum Gasteiger partial charge on any atom is 0.416 e. The Hall–Kier alpha value is -1.14. The van der Waals surface area contributed by atoms with Crippen molar-refractivity contribution in [2.45, 2.75) is 44.5 Å². The normalized spacial score (nSPS) is 15.3. The molecule has 0 aliphatic rings. The van der Waals surface area contributed by atoms with E-state index in [2.05, 4.69) is 0 Å². The van der Waals surface area contributed by atoms with Gasteiger partial charge < -0.3 is 10.8 Å². The summed E-state index contributed by atoms with van der Waals surface area (Å²) in [4.78, 5) is 0. The molecular formula is C13H17F4NO. The molecule has 2 nitrogen and oxygen atoms in total. The molecule has 0 aromatic heterocycles. The topological polar surface area (TPSA) is 46.2 Å². The molecule has 2 atom stereocenters. The van der Waals surface area contributed by atoms with E-state index in [1.54, 1.807) is 0 Å². The first kappa shape index (κ1) is 15.9. The van der Waals surface area contributed by atoms with E-state index in [4.69, 9.17) is 5.73 Å². The number of rotatable bonds is 5. The molecule has 0 aliphatic carbocycles. The molecule has 6 heteroatoms. The second-order valence-corrected chi connectivity index (χ2v) is 4.46. The Labute approximate surface area is 109 Å². The highest BCUT2D eigenvalue weighted by Crippen LogP contribution is 2.35. The van der Waals surface area contributed by atoms with E-state index >= 15 is 0 Å². The van der Waals surface area contributed by atoms with Crippen LogP contribution in [0.3, 0.4) is 0 Å². The highest BCUT2D eigenvalue weighted by atomic mass is 19.4. The van der Waals surface area contributed by atoms with Crippen LogP contribution in [0.4, 0.5) is 17.6 Å². The van der Waals surface area contributed by atoms with Crippen LogP contribution in [-0.4, -0.2) is 11.2 Å². The summed E-state index contributed by atoms with van der Waals surface area (Å²) < 4.78 is 51.5. The van der Waals surface area contributed by atoms with Crippen molar-refractivity contribution in [2.75, 3.05) is 0 Å². The number of halogens is 4. The zero-order valence-electron chi connectivity index (χ0n) is 10.5. The molecule has 0 saturated heterocycles. The molecule has 108 valence electrons. The van der Waals surface area contributed by atoms with Gasteiger partial charge in [-0.3, -0.25) is 0 Å². The van der Waals surface area contributed by atoms with E-state index < -0.39 is 35.3 Å². The van der Waals surface area contributed by atoms with Gasteiger partial charge in [0.05, 0.1) is 17.7 Å². The molecular weight excluding hydrogens is 262 g/mol. The Morgan fingerprint density at radius 1 is 1.32 bits per heavy atom. The number of alkyl halides is 3. The second-order valence-electron chi connectivity index (χ2n) is 4.46. The van der Waals surface area contributed by atoms with Gasteiger partial charge in [0.1, 0.15) is 5.82 Å². The molecule has 1 aromatic rings. The van der Waals surface area contributed by atoms with Gasteiger partial charge in [0.15, 0.2) is 0 Å². The lowest BCUT2D eigenvalue weighted by molar-refractivity contribution is -0.138. The van der Waals surface area contributed by atoms with Crippen molar-refractivity contribution >= 4 is 0 Å². The Morgan fingerprint density at radius 3 is 2.47 bits per heavy atom. The van der Waals surface area contributed by atoms with E-state index in [0.29, 0.717) is 12.5 Å². The van der Waals surface area contributed by atoms with Crippen LogP contribution in [0, 0.1) is 5.82 Å². The number of hydrogen-bond acceptors (Lipinski definition) is 2. The van der Waals surface area contributed by atoms with Gasteiger partial charge in [-0.05, 0) is 30.2 Å². The largest absolute Gasteiger partial charge is 0.416 e. The van der Waals surface area contributed by atoms with Crippen molar-refractivity contribution in [3.05, 3.63) is 35.1 Å². The van der Waals surface area contributed by atoms with Gasteiger partial charge in [-0.2, -0.15) is 13.2 Å². The van der Waals surface area contributed by atoms with Gasteiger partial charge >= 0.3 is 6.18 Å². The van der Waals surface area contributed by atoms with Gasteiger partial charge in [-0.1, -0.05) is 19.8 Å². The molecule has 0 spiro atoms. The summed E-state index contributed by atoms with van der Waals surface area (Å²) in [6, 6.07) is 0.871. The molecule has 0 bridgehead atoms. The standard InChI is InChI=1S/C13H17F4NO/c1-2-3-4-11(19)12(18)9-7-8(14)5-6-10(9)13(15,16)17/h5-7,11-12,19H,2-4,18H2,1H3/t11-,12+/m1/s1. The third-order valence-corrected chi connectivity index (χ3v) is 2.95. The molecule has 0 radical (unpaired) electrons. The number of unbranched alkanes of at least 4 members (excludes halogenated alkanes) is 1. The second kappa shape index (κ2) is 6.34. The van der Waals surface area contributed by atoms with Gasteiger partial charge in [-0.15, -0.1) is 0 Å². The average molecular weight is 279 g/mol. The molecule has 0 aliphatic heterocycles. The van der Waals surface area contributed by atoms with Crippen molar-refractivity contribution in [3.63, 3.8) is 0 Å². The Kier molecular flexibility index (Phi) is 5.31. The summed E-state index contributed by atoms with van der Waals surface area (Å²) in [5.74, 6) is -0.804. The first-order valence-corrected chi connectivity index (χ1v) is 6.07. The van der Waals surface area contributed by atoms with Gasteiger partial charge in [0.2, 0.25) is 0 Å². The zero-order valence-corrected chi connectivity index (χ0v) is 10.5. The lowest BCUT2D eigenvalue weighted by Gasteiger charge is -2.22. The fraction of sp³-hybridized carbons (Fsp3) is 0.538. The number of nitrogens with two attached hydrogens (primary N) is 1. The molecule has 0 amide bonds. The molecule has 0 saturated carbocycles. The number of hydrogen-bond donors (Lipinski definition) is 2. The van der Waals surface area contributed by atoms with Crippen molar-refractivity contribution in [2.24, 2.45) is 5.73 Å². The van der Waals surface area contributed by atoms with Gasteiger partial charge in [0, 0.05) is 0 Å². The summed E-state index contributed by atoms with van der Waals surface area (Å²) in [6.07, 6.45) is -4.02. The van der Waals surface area contributed by atoms with Crippen LogP contribution >= 0.6 is 0 Å². The smallest absolute Gasteiger partial charge is 0.391 e. The average Bonchev–Trinajstić information content (AvgIpc) is 2.33. The lowest BCUT2D eigenvalue weighted by Crippen LogP contribution is -2.28.